The molecule has 0 fully saturated rings. The van der Waals surface area contributed by atoms with Crippen LogP contribution in [-0.4, -0.2) is 34.6 Å². The van der Waals surface area contributed by atoms with Crippen LogP contribution in [0.4, 0.5) is 10.1 Å². The number of nitrogens with zero attached hydrogens (tertiary/aromatic N) is 1. The van der Waals surface area contributed by atoms with Gasteiger partial charge in [0.05, 0.1) is 17.8 Å². The van der Waals surface area contributed by atoms with Crippen molar-refractivity contribution >= 4 is 47.0 Å². The van der Waals surface area contributed by atoms with Gasteiger partial charge in [-0.05, 0) is 73.4 Å². The van der Waals surface area contributed by atoms with E-state index >= 15 is 0 Å². The largest absolute Gasteiger partial charge is 0.387 e. The molecule has 0 saturated carbocycles. The van der Waals surface area contributed by atoms with Gasteiger partial charge in [-0.3, -0.25) is 14.4 Å². The van der Waals surface area contributed by atoms with Gasteiger partial charge in [0, 0.05) is 52.2 Å². The fraction of sp³-hybridized carbons (Fsp3) is 0.194. The van der Waals surface area contributed by atoms with Crippen LogP contribution in [0, 0.1) is 25.1 Å². The summed E-state index contributed by atoms with van der Waals surface area (Å²) in [6.45, 7) is 5.54. The van der Waals surface area contributed by atoms with Crippen molar-refractivity contribution in [3.8, 4) is 0 Å². The molecule has 46 heavy (non-hydrogen) atoms. The molecule has 0 bridgehead atoms. The van der Waals surface area contributed by atoms with Gasteiger partial charge < -0.3 is 26.8 Å². The molecular weight excluding hydrogens is 583 g/mol. The zero-order valence-electron chi connectivity index (χ0n) is 25.6. The van der Waals surface area contributed by atoms with E-state index in [1.807, 2.05) is 32.0 Å². The van der Waals surface area contributed by atoms with E-state index in [4.69, 9.17) is 16.1 Å². The normalized spacial score (nSPS) is 19.0. The highest BCUT2D eigenvalue weighted by Crippen LogP contribution is 2.37. The van der Waals surface area contributed by atoms with Gasteiger partial charge in [0.25, 0.3) is 11.8 Å². The zero-order chi connectivity index (χ0) is 32.7. The molecule has 232 valence electrons. The number of carbonyl (C=O) groups excluding carboxylic acids is 3. The number of nitrogens with two attached hydrogens (primary N) is 1. The maximum Gasteiger partial charge on any atom is 0.252 e. The van der Waals surface area contributed by atoms with Crippen LogP contribution in [0.15, 0.2) is 71.7 Å². The molecule has 10 heteroatoms. The molecule has 1 aromatic heterocycles. The standard InChI is InChI=1S/C36H33FN6O3/c1-18-30(40-20(3)33(18)43-34(39)28-16-32(44)26-7-5-4-6-24(26)28)15-29-27-14-22(10-13-25(27)31(17-38)42-36(29)46)35(45)41-19(2)21-8-11-23(37)12-9-21/h4-15,17,19,28,31,38,40H,16H2,1-3H3,(H2,39,43)(H,41,45)(H,42,46)/b29-15-,38-17?/t19-,28?,31?/m1/s1. The molecule has 2 heterocycles. The third-order valence-electron chi connectivity index (χ3n) is 8.71. The second-order valence-electron chi connectivity index (χ2n) is 11.7. The van der Waals surface area contributed by atoms with E-state index in [0.29, 0.717) is 45.0 Å². The highest BCUT2D eigenvalue weighted by molar-refractivity contribution is 6.26. The topological polar surface area (TPSA) is 153 Å². The maximum atomic E-state index is 13.4. The van der Waals surface area contributed by atoms with Crippen molar-refractivity contribution in [1.82, 2.24) is 15.6 Å². The second kappa shape index (κ2) is 12.0. The van der Waals surface area contributed by atoms with Crippen molar-refractivity contribution in [3.63, 3.8) is 0 Å². The number of rotatable bonds is 7. The maximum absolute atomic E-state index is 13.4. The molecule has 6 rings (SSSR count). The lowest BCUT2D eigenvalue weighted by Gasteiger charge is -2.26. The van der Waals surface area contributed by atoms with Crippen LogP contribution in [-0.2, 0) is 4.79 Å². The minimum Gasteiger partial charge on any atom is -0.387 e. The molecule has 0 spiro atoms. The lowest BCUT2D eigenvalue weighted by atomic mass is 9.88. The average molecular weight is 617 g/mol. The van der Waals surface area contributed by atoms with Gasteiger partial charge in [-0.1, -0.05) is 42.5 Å². The fourth-order valence-corrected chi connectivity index (χ4v) is 6.16. The number of hydrogen-bond donors (Lipinski definition) is 5. The molecule has 0 saturated heterocycles. The minimum absolute atomic E-state index is 0.0369. The van der Waals surface area contributed by atoms with Gasteiger partial charge in [0.2, 0.25) is 0 Å². The van der Waals surface area contributed by atoms with Gasteiger partial charge in [-0.2, -0.15) is 0 Å². The third kappa shape index (κ3) is 5.53. The molecular formula is C36H33FN6O3. The summed E-state index contributed by atoms with van der Waals surface area (Å²) >= 11 is 0. The highest BCUT2D eigenvalue weighted by atomic mass is 19.1. The van der Waals surface area contributed by atoms with Crippen LogP contribution in [0.25, 0.3) is 11.6 Å². The summed E-state index contributed by atoms with van der Waals surface area (Å²) in [5, 5.41) is 13.7. The molecule has 6 N–H and O–H groups in total. The molecule has 9 nitrogen and oxygen atoms in total. The molecule has 0 radical (unpaired) electrons. The average Bonchev–Trinajstić information content (AvgIpc) is 3.52. The Morgan fingerprint density at radius 1 is 1.07 bits per heavy atom. The number of aromatic amines is 1. The fourth-order valence-electron chi connectivity index (χ4n) is 6.16. The molecule has 2 unspecified atom stereocenters. The smallest absolute Gasteiger partial charge is 0.252 e. The summed E-state index contributed by atoms with van der Waals surface area (Å²) in [4.78, 5) is 47.3. The van der Waals surface area contributed by atoms with Crippen LogP contribution in [0.3, 0.4) is 0 Å². The summed E-state index contributed by atoms with van der Waals surface area (Å²) in [5.74, 6) is -1.06. The van der Waals surface area contributed by atoms with Gasteiger partial charge >= 0.3 is 0 Å². The van der Waals surface area contributed by atoms with Crippen molar-refractivity contribution in [2.75, 3.05) is 0 Å². The Hall–Kier alpha value is -5.64. The molecule has 1 aliphatic heterocycles. The Labute approximate surface area is 265 Å². The Balaban J connectivity index is 1.34. The van der Waals surface area contributed by atoms with Crippen molar-refractivity contribution < 1.29 is 18.8 Å². The Morgan fingerprint density at radius 3 is 2.54 bits per heavy atom. The molecule has 4 aromatic rings. The highest BCUT2D eigenvalue weighted by Gasteiger charge is 2.32. The first-order valence-corrected chi connectivity index (χ1v) is 14.9. The number of hydrogen-bond acceptors (Lipinski definition) is 5. The van der Waals surface area contributed by atoms with Gasteiger partial charge in [-0.25, -0.2) is 9.38 Å². The van der Waals surface area contributed by atoms with E-state index in [0.717, 1.165) is 28.6 Å². The zero-order valence-corrected chi connectivity index (χ0v) is 25.6. The first kappa shape index (κ1) is 30.4. The predicted octanol–water partition coefficient (Wildman–Crippen LogP) is 5.98. The monoisotopic (exact) mass is 616 g/mol. The van der Waals surface area contributed by atoms with E-state index in [9.17, 15) is 18.8 Å². The number of benzene rings is 3. The van der Waals surface area contributed by atoms with Gasteiger partial charge in [0.15, 0.2) is 5.78 Å². The van der Waals surface area contributed by atoms with E-state index in [1.54, 1.807) is 49.4 Å². The Bertz CT molecular complexity index is 1970. The molecule has 2 amide bonds. The number of amidine groups is 1. The molecule has 3 aromatic carbocycles. The number of H-pyrrole nitrogens is 1. The quantitative estimate of drug-likeness (QED) is 0.0985. The number of aryl methyl sites for hydroxylation is 1. The van der Waals surface area contributed by atoms with Crippen LogP contribution < -0.4 is 16.4 Å². The van der Waals surface area contributed by atoms with Crippen molar-refractivity contribution in [2.24, 2.45) is 10.7 Å². The number of fused-ring (bicyclic) bond motifs is 2. The number of halogens is 1. The van der Waals surface area contributed by atoms with Gasteiger partial charge in [0.1, 0.15) is 11.7 Å². The number of Topliss-reactive ketones (excluding diaryl/α,β-unsaturated/α-hetero) is 1. The lowest BCUT2D eigenvalue weighted by molar-refractivity contribution is -0.116. The first-order chi connectivity index (χ1) is 22.0. The van der Waals surface area contributed by atoms with Gasteiger partial charge in [-0.15, -0.1) is 0 Å². The summed E-state index contributed by atoms with van der Waals surface area (Å²) in [6.07, 6.45) is 3.12. The number of aromatic nitrogens is 1. The number of carbonyl (C=O) groups is 3. The van der Waals surface area contributed by atoms with E-state index < -0.39 is 11.9 Å². The van der Waals surface area contributed by atoms with Crippen molar-refractivity contribution in [2.45, 2.75) is 45.2 Å². The van der Waals surface area contributed by atoms with Crippen LogP contribution in [0.2, 0.25) is 0 Å². The number of aliphatic imine (C=N–C) groups is 1. The lowest BCUT2D eigenvalue weighted by Crippen LogP contribution is -2.35. The third-order valence-corrected chi connectivity index (χ3v) is 8.71. The number of amides is 2. The molecule has 1 aliphatic carbocycles. The predicted molar refractivity (Wildman–Crippen MR) is 176 cm³/mol. The SMILES string of the molecule is Cc1[nH]c(/C=C2\C(=O)NC(C=N)c3ccc(C(=O)N[C@H](C)c4ccc(F)cc4)cc32)c(C)c1N=C(N)C1CC(=O)c2ccccc21. The van der Waals surface area contributed by atoms with Crippen LogP contribution >= 0.6 is 0 Å². The van der Waals surface area contributed by atoms with E-state index in [1.165, 1.54) is 12.1 Å². The molecule has 2 aliphatic rings. The second-order valence-corrected chi connectivity index (χ2v) is 11.7. The van der Waals surface area contributed by atoms with E-state index in [-0.39, 0.29) is 35.9 Å². The van der Waals surface area contributed by atoms with Crippen LogP contribution in [0.5, 0.6) is 0 Å². The molecule has 3 atom stereocenters. The first-order valence-electron chi connectivity index (χ1n) is 14.9. The van der Waals surface area contributed by atoms with Crippen molar-refractivity contribution in [3.05, 3.63) is 123 Å². The summed E-state index contributed by atoms with van der Waals surface area (Å²) in [5.41, 5.74) is 13.4. The number of nitrogens with one attached hydrogen (secondary N) is 4. The van der Waals surface area contributed by atoms with E-state index in [2.05, 4.69) is 15.6 Å². The summed E-state index contributed by atoms with van der Waals surface area (Å²) in [7, 11) is 0. The number of ketones is 1. The minimum atomic E-state index is -0.654. The summed E-state index contributed by atoms with van der Waals surface area (Å²) < 4.78 is 13.4. The summed E-state index contributed by atoms with van der Waals surface area (Å²) in [6, 6.07) is 17.3. The van der Waals surface area contributed by atoms with Crippen LogP contribution in [0.1, 0.15) is 91.3 Å². The van der Waals surface area contributed by atoms with Crippen molar-refractivity contribution in [1.29, 1.82) is 5.41 Å². The Kier molecular flexibility index (Phi) is 7.95. The Morgan fingerprint density at radius 2 is 1.80 bits per heavy atom.